The highest BCUT2D eigenvalue weighted by Gasteiger charge is 2.29. The molecule has 1 aromatic rings. The molecule has 1 aliphatic rings. The van der Waals surface area contributed by atoms with Crippen LogP contribution in [0, 0.1) is 11.7 Å². The minimum absolute atomic E-state index is 0.150. The average molecular weight is 166 g/mol. The van der Waals surface area contributed by atoms with Crippen molar-refractivity contribution in [2.75, 3.05) is 0 Å². The van der Waals surface area contributed by atoms with Crippen LogP contribution in [-0.2, 0) is 6.42 Å². The maximum atomic E-state index is 13.1. The zero-order valence-electron chi connectivity index (χ0n) is 6.92. The number of rotatable bonds is 0. The molecule has 64 valence electrons. The smallest absolute Gasteiger partial charge is 0.126 e. The first-order chi connectivity index (χ1) is 5.70. The first-order valence-electron chi connectivity index (χ1n) is 4.15. The number of fused-ring (bicyclic) bond motifs is 1. The van der Waals surface area contributed by atoms with Crippen LogP contribution in [0.3, 0.4) is 0 Å². The van der Waals surface area contributed by atoms with Gasteiger partial charge in [-0.3, -0.25) is 0 Å². The van der Waals surface area contributed by atoms with E-state index in [1.54, 1.807) is 12.1 Å². The fraction of sp³-hybridized carbons (Fsp3) is 0.400. The van der Waals surface area contributed by atoms with Crippen LogP contribution in [0.1, 0.15) is 24.2 Å². The molecule has 1 aliphatic carbocycles. The number of benzene rings is 1. The summed E-state index contributed by atoms with van der Waals surface area (Å²) in [6.45, 7) is 1.93. The van der Waals surface area contributed by atoms with E-state index in [4.69, 9.17) is 0 Å². The van der Waals surface area contributed by atoms with Crippen LogP contribution in [0.25, 0.3) is 0 Å². The van der Waals surface area contributed by atoms with Crippen LogP contribution in [0.15, 0.2) is 18.2 Å². The highest BCUT2D eigenvalue weighted by atomic mass is 19.1. The Morgan fingerprint density at radius 1 is 1.50 bits per heavy atom. The molecule has 1 nitrogen and oxygen atoms in total. The molecule has 0 fully saturated rings. The van der Waals surface area contributed by atoms with E-state index >= 15 is 0 Å². The van der Waals surface area contributed by atoms with Crippen molar-refractivity contribution in [1.82, 2.24) is 0 Å². The summed E-state index contributed by atoms with van der Waals surface area (Å²) in [7, 11) is 0. The summed E-state index contributed by atoms with van der Waals surface area (Å²) in [5.74, 6) is -0.0344. The predicted molar refractivity (Wildman–Crippen MR) is 44.2 cm³/mol. The van der Waals surface area contributed by atoms with Gasteiger partial charge in [-0.25, -0.2) is 4.39 Å². The van der Waals surface area contributed by atoms with Crippen LogP contribution in [0.4, 0.5) is 4.39 Å². The van der Waals surface area contributed by atoms with Crippen LogP contribution >= 0.6 is 0 Å². The maximum absolute atomic E-state index is 13.1. The Bertz CT molecular complexity index is 309. The fourth-order valence-corrected chi connectivity index (χ4v) is 1.81. The standard InChI is InChI=1S/C10H11FO/c1-6-5-8-7(10(6)12)3-2-4-9(8)11/h2-4,6,10,12H,5H2,1H3. The molecule has 2 heteroatoms. The van der Waals surface area contributed by atoms with Crippen LogP contribution < -0.4 is 0 Å². The average Bonchev–Trinajstić information content (AvgIpc) is 2.32. The molecule has 0 bridgehead atoms. The number of hydrogen-bond donors (Lipinski definition) is 1. The molecule has 0 saturated carbocycles. The second-order valence-electron chi connectivity index (χ2n) is 3.43. The third-order valence-corrected chi connectivity index (χ3v) is 2.54. The van der Waals surface area contributed by atoms with Gasteiger partial charge in [0, 0.05) is 0 Å². The molecule has 1 aromatic carbocycles. The molecular weight excluding hydrogens is 155 g/mol. The van der Waals surface area contributed by atoms with Gasteiger partial charge in [-0.1, -0.05) is 19.1 Å². The van der Waals surface area contributed by atoms with Crippen molar-refractivity contribution in [3.8, 4) is 0 Å². The normalized spacial score (nSPS) is 27.2. The Morgan fingerprint density at radius 3 is 2.92 bits per heavy atom. The van der Waals surface area contributed by atoms with Gasteiger partial charge in [0.1, 0.15) is 5.82 Å². The number of aliphatic hydroxyl groups is 1. The molecule has 0 aromatic heterocycles. The summed E-state index contributed by atoms with van der Waals surface area (Å²) in [5, 5.41) is 9.61. The highest BCUT2D eigenvalue weighted by molar-refractivity contribution is 5.35. The minimum atomic E-state index is -0.476. The van der Waals surface area contributed by atoms with E-state index < -0.39 is 6.10 Å². The fourth-order valence-electron chi connectivity index (χ4n) is 1.81. The number of hydrogen-bond acceptors (Lipinski definition) is 1. The van der Waals surface area contributed by atoms with Gasteiger partial charge in [-0.2, -0.15) is 0 Å². The van der Waals surface area contributed by atoms with Crippen molar-refractivity contribution < 1.29 is 9.50 Å². The van der Waals surface area contributed by atoms with Gasteiger partial charge >= 0.3 is 0 Å². The zero-order valence-corrected chi connectivity index (χ0v) is 6.92. The topological polar surface area (TPSA) is 20.2 Å². The van der Waals surface area contributed by atoms with Crippen molar-refractivity contribution in [3.63, 3.8) is 0 Å². The molecule has 0 radical (unpaired) electrons. The van der Waals surface area contributed by atoms with E-state index in [-0.39, 0.29) is 11.7 Å². The summed E-state index contributed by atoms with van der Waals surface area (Å²) < 4.78 is 13.1. The van der Waals surface area contributed by atoms with Gasteiger partial charge in [0.25, 0.3) is 0 Å². The van der Waals surface area contributed by atoms with E-state index in [0.717, 1.165) is 5.56 Å². The lowest BCUT2D eigenvalue weighted by atomic mass is 10.1. The van der Waals surface area contributed by atoms with Gasteiger partial charge < -0.3 is 5.11 Å². The Balaban J connectivity index is 2.53. The highest BCUT2D eigenvalue weighted by Crippen LogP contribution is 2.36. The largest absolute Gasteiger partial charge is 0.388 e. The van der Waals surface area contributed by atoms with Crippen molar-refractivity contribution in [2.45, 2.75) is 19.4 Å². The van der Waals surface area contributed by atoms with Crippen molar-refractivity contribution in [1.29, 1.82) is 0 Å². The SMILES string of the molecule is CC1Cc2c(F)cccc2C1O. The van der Waals surface area contributed by atoms with Gasteiger partial charge in [-0.05, 0) is 29.5 Å². The summed E-state index contributed by atoms with van der Waals surface area (Å²) >= 11 is 0. The molecule has 0 saturated heterocycles. The molecule has 2 atom stereocenters. The Hall–Kier alpha value is -0.890. The molecular formula is C10H11FO. The monoisotopic (exact) mass is 166 g/mol. The third-order valence-electron chi connectivity index (χ3n) is 2.54. The lowest BCUT2D eigenvalue weighted by Gasteiger charge is -2.07. The van der Waals surface area contributed by atoms with Crippen LogP contribution in [0.5, 0.6) is 0 Å². The lowest BCUT2D eigenvalue weighted by Crippen LogP contribution is -2.00. The molecule has 2 unspecified atom stereocenters. The third kappa shape index (κ3) is 0.950. The van der Waals surface area contributed by atoms with E-state index in [2.05, 4.69) is 0 Å². The summed E-state index contributed by atoms with van der Waals surface area (Å²) in [6.07, 6.45) is 0.180. The van der Waals surface area contributed by atoms with Crippen molar-refractivity contribution >= 4 is 0 Å². The summed E-state index contributed by atoms with van der Waals surface area (Å²) in [4.78, 5) is 0. The number of halogens is 1. The zero-order chi connectivity index (χ0) is 8.72. The second kappa shape index (κ2) is 2.56. The maximum Gasteiger partial charge on any atom is 0.126 e. The quantitative estimate of drug-likeness (QED) is 0.625. The Morgan fingerprint density at radius 2 is 2.25 bits per heavy atom. The van der Waals surface area contributed by atoms with Crippen molar-refractivity contribution in [2.24, 2.45) is 5.92 Å². The van der Waals surface area contributed by atoms with Gasteiger partial charge in [0.05, 0.1) is 6.10 Å². The Labute approximate surface area is 70.8 Å². The van der Waals surface area contributed by atoms with Gasteiger partial charge in [0.15, 0.2) is 0 Å². The lowest BCUT2D eigenvalue weighted by molar-refractivity contribution is 0.133. The minimum Gasteiger partial charge on any atom is -0.388 e. The van der Waals surface area contributed by atoms with E-state index in [1.807, 2.05) is 6.92 Å². The van der Waals surface area contributed by atoms with Crippen molar-refractivity contribution in [3.05, 3.63) is 35.1 Å². The Kier molecular flexibility index (Phi) is 1.65. The number of aliphatic hydroxyl groups excluding tert-OH is 1. The molecule has 1 N–H and O–H groups in total. The van der Waals surface area contributed by atoms with Crippen LogP contribution in [0.2, 0.25) is 0 Å². The van der Waals surface area contributed by atoms with Gasteiger partial charge in [-0.15, -0.1) is 0 Å². The molecule has 0 spiro atoms. The predicted octanol–water partition coefficient (Wildman–Crippen LogP) is 2.05. The van der Waals surface area contributed by atoms with Gasteiger partial charge in [0.2, 0.25) is 0 Å². The van der Waals surface area contributed by atoms with E-state index in [1.165, 1.54) is 6.07 Å². The first kappa shape index (κ1) is 7.74. The van der Waals surface area contributed by atoms with Crippen LogP contribution in [-0.4, -0.2) is 5.11 Å². The van der Waals surface area contributed by atoms with E-state index in [9.17, 15) is 9.50 Å². The molecule has 0 amide bonds. The molecule has 12 heavy (non-hydrogen) atoms. The second-order valence-corrected chi connectivity index (χ2v) is 3.43. The molecule has 0 heterocycles. The van der Waals surface area contributed by atoms with E-state index in [0.29, 0.717) is 12.0 Å². The summed E-state index contributed by atoms with van der Waals surface area (Å²) in [5.41, 5.74) is 1.46. The molecule has 2 rings (SSSR count). The first-order valence-corrected chi connectivity index (χ1v) is 4.15. The summed E-state index contributed by atoms with van der Waals surface area (Å²) in [6, 6.07) is 4.89. The molecule has 0 aliphatic heterocycles.